The maximum absolute atomic E-state index is 6.22. The Bertz CT molecular complexity index is 541. The van der Waals surface area contributed by atoms with Gasteiger partial charge in [0.25, 0.3) is 0 Å². The zero-order chi connectivity index (χ0) is 11.8. The van der Waals surface area contributed by atoms with Crippen molar-refractivity contribution in [3.63, 3.8) is 0 Å². The van der Waals surface area contributed by atoms with Crippen LogP contribution in [0.2, 0.25) is 10.0 Å². The average molecular weight is 264 g/mol. The van der Waals surface area contributed by atoms with Gasteiger partial charge >= 0.3 is 0 Å². The van der Waals surface area contributed by atoms with Gasteiger partial charge in [-0.1, -0.05) is 47.5 Å². The number of anilines is 1. The topological polar surface area (TPSA) is 3.24 Å². The fourth-order valence-electron chi connectivity index (χ4n) is 2.23. The van der Waals surface area contributed by atoms with Gasteiger partial charge in [-0.25, -0.2) is 0 Å². The maximum atomic E-state index is 6.22. The monoisotopic (exact) mass is 263 g/mol. The molecule has 1 aliphatic heterocycles. The van der Waals surface area contributed by atoms with E-state index in [2.05, 4.69) is 29.2 Å². The molecule has 0 radical (unpaired) electrons. The van der Waals surface area contributed by atoms with Crippen LogP contribution in [0.1, 0.15) is 11.1 Å². The molecule has 2 aromatic rings. The van der Waals surface area contributed by atoms with E-state index in [0.717, 1.165) is 28.8 Å². The summed E-state index contributed by atoms with van der Waals surface area (Å²) in [5.74, 6) is 0. The first-order valence-electron chi connectivity index (χ1n) is 5.51. The molecule has 1 nitrogen and oxygen atoms in total. The van der Waals surface area contributed by atoms with Gasteiger partial charge in [0.2, 0.25) is 0 Å². The van der Waals surface area contributed by atoms with Crippen molar-refractivity contribution in [2.45, 2.75) is 13.1 Å². The van der Waals surface area contributed by atoms with Crippen LogP contribution in [0.5, 0.6) is 0 Å². The summed E-state index contributed by atoms with van der Waals surface area (Å²) in [5, 5.41) is 1.47. The van der Waals surface area contributed by atoms with Crippen LogP contribution in [0.4, 0.5) is 5.69 Å². The van der Waals surface area contributed by atoms with Crippen LogP contribution in [0, 0.1) is 0 Å². The summed E-state index contributed by atoms with van der Waals surface area (Å²) in [7, 11) is 0. The first-order valence-corrected chi connectivity index (χ1v) is 6.26. The van der Waals surface area contributed by atoms with Crippen molar-refractivity contribution in [3.8, 4) is 0 Å². The minimum atomic E-state index is 0.723. The van der Waals surface area contributed by atoms with Crippen LogP contribution < -0.4 is 4.90 Å². The first kappa shape index (κ1) is 10.9. The molecule has 0 amide bonds. The predicted molar refractivity (Wildman–Crippen MR) is 72.8 cm³/mol. The second-order valence-corrected chi connectivity index (χ2v) is 5.06. The fourth-order valence-corrected chi connectivity index (χ4v) is 2.64. The van der Waals surface area contributed by atoms with Gasteiger partial charge in [-0.15, -0.1) is 0 Å². The Morgan fingerprint density at radius 2 is 1.53 bits per heavy atom. The van der Waals surface area contributed by atoms with E-state index in [1.807, 2.05) is 18.2 Å². The number of rotatable bonds is 1. The van der Waals surface area contributed by atoms with Gasteiger partial charge in [0.15, 0.2) is 0 Å². The lowest BCUT2D eigenvalue weighted by atomic mass is 10.1. The number of hydrogen-bond acceptors (Lipinski definition) is 1. The van der Waals surface area contributed by atoms with Gasteiger partial charge in [0.05, 0.1) is 10.7 Å². The summed E-state index contributed by atoms with van der Waals surface area (Å²) < 4.78 is 0. The molecule has 0 atom stereocenters. The minimum absolute atomic E-state index is 0.723. The molecule has 86 valence electrons. The van der Waals surface area contributed by atoms with Crippen molar-refractivity contribution in [2.75, 3.05) is 4.90 Å². The highest BCUT2D eigenvalue weighted by Gasteiger charge is 2.20. The van der Waals surface area contributed by atoms with Gasteiger partial charge in [0.1, 0.15) is 0 Å². The zero-order valence-corrected chi connectivity index (χ0v) is 10.7. The van der Waals surface area contributed by atoms with Crippen molar-refractivity contribution in [2.24, 2.45) is 0 Å². The van der Waals surface area contributed by atoms with Gasteiger partial charge in [0, 0.05) is 18.1 Å². The molecule has 0 saturated heterocycles. The van der Waals surface area contributed by atoms with Crippen molar-refractivity contribution < 1.29 is 0 Å². The second kappa shape index (κ2) is 4.25. The minimum Gasteiger partial charge on any atom is -0.362 e. The summed E-state index contributed by atoms with van der Waals surface area (Å²) in [6.07, 6.45) is 0. The largest absolute Gasteiger partial charge is 0.362 e. The number of fused-ring (bicyclic) bond motifs is 1. The van der Waals surface area contributed by atoms with Crippen LogP contribution in [-0.2, 0) is 13.1 Å². The quantitative estimate of drug-likeness (QED) is 0.732. The van der Waals surface area contributed by atoms with Gasteiger partial charge < -0.3 is 4.90 Å². The highest BCUT2D eigenvalue weighted by Crippen LogP contribution is 2.34. The molecule has 0 N–H and O–H groups in total. The molecular weight excluding hydrogens is 253 g/mol. The van der Waals surface area contributed by atoms with Crippen molar-refractivity contribution in [3.05, 3.63) is 63.6 Å². The van der Waals surface area contributed by atoms with Crippen molar-refractivity contribution >= 4 is 28.9 Å². The molecule has 0 spiro atoms. The van der Waals surface area contributed by atoms with Gasteiger partial charge in [-0.05, 0) is 29.3 Å². The Kier molecular flexibility index (Phi) is 2.73. The molecule has 0 bridgehead atoms. The summed E-state index contributed by atoms with van der Waals surface area (Å²) in [6, 6.07) is 14.1. The molecule has 3 heteroatoms. The highest BCUT2D eigenvalue weighted by atomic mass is 35.5. The van der Waals surface area contributed by atoms with Crippen LogP contribution >= 0.6 is 23.2 Å². The molecule has 3 rings (SSSR count). The van der Waals surface area contributed by atoms with E-state index in [9.17, 15) is 0 Å². The Hall–Kier alpha value is -1.18. The normalized spacial score (nSPS) is 13.9. The molecule has 0 aromatic heterocycles. The molecule has 1 heterocycles. The van der Waals surface area contributed by atoms with E-state index >= 15 is 0 Å². The average Bonchev–Trinajstić information content (AvgIpc) is 2.75. The zero-order valence-electron chi connectivity index (χ0n) is 9.16. The van der Waals surface area contributed by atoms with Crippen LogP contribution in [0.15, 0.2) is 42.5 Å². The number of hydrogen-bond donors (Lipinski definition) is 0. The lowest BCUT2D eigenvalue weighted by molar-refractivity contribution is 0.881. The number of nitrogens with zero attached hydrogens (tertiary/aromatic N) is 1. The van der Waals surface area contributed by atoms with E-state index in [4.69, 9.17) is 23.2 Å². The summed E-state index contributed by atoms with van der Waals surface area (Å²) in [4.78, 5) is 2.25. The van der Waals surface area contributed by atoms with Crippen molar-refractivity contribution in [1.82, 2.24) is 0 Å². The van der Waals surface area contributed by atoms with Crippen LogP contribution in [0.3, 0.4) is 0 Å². The Balaban J connectivity index is 1.96. The first-order chi connectivity index (χ1) is 8.24. The molecule has 0 aliphatic carbocycles. The Labute approximate surface area is 111 Å². The fraction of sp³-hybridized carbons (Fsp3) is 0.143. The second-order valence-electron chi connectivity index (χ2n) is 4.22. The van der Waals surface area contributed by atoms with Crippen LogP contribution in [0.25, 0.3) is 0 Å². The predicted octanol–water partition coefficient (Wildman–Crippen LogP) is 4.51. The van der Waals surface area contributed by atoms with Crippen molar-refractivity contribution in [1.29, 1.82) is 0 Å². The molecule has 0 fully saturated rings. The summed E-state index contributed by atoms with van der Waals surface area (Å²) in [5.41, 5.74) is 3.74. The molecule has 0 saturated carbocycles. The molecule has 0 unspecified atom stereocenters. The molecule has 1 aliphatic rings. The van der Waals surface area contributed by atoms with Gasteiger partial charge in [-0.2, -0.15) is 0 Å². The molecule has 17 heavy (non-hydrogen) atoms. The summed E-state index contributed by atoms with van der Waals surface area (Å²) in [6.45, 7) is 1.80. The third-order valence-corrected chi connectivity index (χ3v) is 3.64. The molecule has 2 aromatic carbocycles. The number of benzene rings is 2. The third-order valence-electron chi connectivity index (χ3n) is 3.09. The van der Waals surface area contributed by atoms with Gasteiger partial charge in [-0.3, -0.25) is 0 Å². The standard InChI is InChI=1S/C14H11Cl2N/c15-12-5-6-13(16)14(7-12)17-8-10-3-1-2-4-11(10)9-17/h1-7H,8-9H2. The smallest absolute Gasteiger partial charge is 0.0640 e. The lowest BCUT2D eigenvalue weighted by Crippen LogP contribution is -2.14. The number of halogens is 2. The Morgan fingerprint density at radius 3 is 2.18 bits per heavy atom. The molecular formula is C14H11Cl2N. The SMILES string of the molecule is Clc1ccc(Cl)c(N2Cc3ccccc3C2)c1. The van der Waals surface area contributed by atoms with E-state index < -0.39 is 0 Å². The van der Waals surface area contributed by atoms with E-state index in [0.29, 0.717) is 0 Å². The van der Waals surface area contributed by atoms with E-state index in [1.165, 1.54) is 11.1 Å². The van der Waals surface area contributed by atoms with E-state index in [-0.39, 0.29) is 0 Å². The maximum Gasteiger partial charge on any atom is 0.0640 e. The highest BCUT2D eigenvalue weighted by molar-refractivity contribution is 6.35. The lowest BCUT2D eigenvalue weighted by Gasteiger charge is -2.19. The van der Waals surface area contributed by atoms with Crippen LogP contribution in [-0.4, -0.2) is 0 Å². The Morgan fingerprint density at radius 1 is 0.882 bits per heavy atom. The third kappa shape index (κ3) is 2.01. The van der Waals surface area contributed by atoms with E-state index in [1.54, 1.807) is 0 Å². The summed E-state index contributed by atoms with van der Waals surface area (Å²) >= 11 is 12.2.